The van der Waals surface area contributed by atoms with Gasteiger partial charge in [0.1, 0.15) is 0 Å². The molecular weight excluding hydrogens is 323 g/mol. The predicted molar refractivity (Wildman–Crippen MR) is 96.8 cm³/mol. The Kier molecular flexibility index (Phi) is 19.9. The first-order valence-corrected chi connectivity index (χ1v) is 6.59. The first-order valence-electron chi connectivity index (χ1n) is 6.59. The van der Waals surface area contributed by atoms with Gasteiger partial charge < -0.3 is 10.2 Å². The fraction of sp³-hybridized carbons (Fsp3) is 0.235. The van der Waals surface area contributed by atoms with Crippen LogP contribution in [0.4, 0.5) is 4.79 Å². The van der Waals surface area contributed by atoms with Crippen molar-refractivity contribution in [3.63, 3.8) is 0 Å². The highest BCUT2D eigenvalue weighted by Gasteiger charge is 1.80. The molecule has 0 aliphatic rings. The van der Waals surface area contributed by atoms with Crippen LogP contribution in [0.5, 0.6) is 0 Å². The number of carboxylic acid groups (broad SMARTS) is 2. The molecule has 0 aromatic heterocycles. The summed E-state index contributed by atoms with van der Waals surface area (Å²) in [5.74, 6) is 0. The topological polar surface area (TPSA) is 57.5 Å². The minimum atomic E-state index is -1.83. The lowest BCUT2D eigenvalue weighted by Crippen LogP contribution is -1.81. The Morgan fingerprint density at radius 2 is 0.955 bits per heavy atom. The normalized spacial score (nSPS) is 7.73. The first-order chi connectivity index (χ1) is 9.60. The molecule has 0 spiro atoms. The van der Waals surface area contributed by atoms with Crippen molar-refractivity contribution >= 4 is 31.0 Å². The largest absolute Gasteiger partial charge is 0.503 e. The van der Waals surface area contributed by atoms with E-state index < -0.39 is 6.16 Å². The van der Waals surface area contributed by atoms with Crippen molar-refractivity contribution < 1.29 is 15.0 Å². The molecule has 2 aromatic carbocycles. The van der Waals surface area contributed by atoms with Gasteiger partial charge in [-0.2, -0.15) is 0 Å². The van der Waals surface area contributed by atoms with Crippen LogP contribution < -0.4 is 0 Å². The minimum Gasteiger partial charge on any atom is -0.450 e. The first kappa shape index (κ1) is 25.3. The Bertz CT molecular complexity index is 418. The van der Waals surface area contributed by atoms with Gasteiger partial charge in [-0.05, 0) is 24.0 Å². The molecule has 2 rings (SSSR count). The van der Waals surface area contributed by atoms with Crippen LogP contribution in [0.3, 0.4) is 0 Å². The van der Waals surface area contributed by atoms with E-state index in [4.69, 9.17) is 15.0 Å². The number of halogens is 2. The molecule has 0 saturated heterocycles. The van der Waals surface area contributed by atoms with Gasteiger partial charge in [0.25, 0.3) is 0 Å². The molecule has 3 nitrogen and oxygen atoms in total. The predicted octanol–water partition coefficient (Wildman–Crippen LogP) is 5.56. The van der Waals surface area contributed by atoms with Crippen LogP contribution >= 0.6 is 24.8 Å². The van der Waals surface area contributed by atoms with Crippen LogP contribution in [0.2, 0.25) is 0 Å². The molecule has 0 heterocycles. The maximum Gasteiger partial charge on any atom is 0.503 e. The summed E-state index contributed by atoms with van der Waals surface area (Å²) in [6, 6.07) is 20.9. The van der Waals surface area contributed by atoms with Crippen LogP contribution in [0.25, 0.3) is 0 Å². The van der Waals surface area contributed by atoms with Gasteiger partial charge in [0, 0.05) is 0 Å². The Morgan fingerprint density at radius 3 is 1.09 bits per heavy atom. The van der Waals surface area contributed by atoms with Gasteiger partial charge in [0.05, 0.1) is 0 Å². The van der Waals surface area contributed by atoms with E-state index in [2.05, 4.69) is 62.4 Å². The second-order valence-corrected chi connectivity index (χ2v) is 3.96. The van der Waals surface area contributed by atoms with E-state index in [0.717, 1.165) is 12.8 Å². The van der Waals surface area contributed by atoms with Gasteiger partial charge in [-0.1, -0.05) is 74.5 Å². The number of rotatable bonds is 2. The van der Waals surface area contributed by atoms with Crippen LogP contribution in [-0.2, 0) is 12.8 Å². The summed E-state index contributed by atoms with van der Waals surface area (Å²) in [7, 11) is 0. The zero-order valence-corrected chi connectivity index (χ0v) is 14.4. The van der Waals surface area contributed by atoms with Crippen molar-refractivity contribution in [2.75, 3.05) is 0 Å². The zero-order chi connectivity index (χ0) is 15.2. The Labute approximate surface area is 144 Å². The average molecular weight is 347 g/mol. The molecule has 2 aromatic rings. The van der Waals surface area contributed by atoms with Gasteiger partial charge in [0.2, 0.25) is 0 Å². The number of carbonyl (C=O) groups is 1. The summed E-state index contributed by atoms with van der Waals surface area (Å²) < 4.78 is 0. The quantitative estimate of drug-likeness (QED) is 0.747. The molecule has 22 heavy (non-hydrogen) atoms. The third-order valence-corrected chi connectivity index (χ3v) is 2.50. The van der Waals surface area contributed by atoms with Crippen LogP contribution in [-0.4, -0.2) is 16.4 Å². The monoisotopic (exact) mass is 346 g/mol. The highest BCUT2D eigenvalue weighted by atomic mass is 35.5. The van der Waals surface area contributed by atoms with Crippen molar-refractivity contribution in [3.8, 4) is 0 Å². The van der Waals surface area contributed by atoms with E-state index in [-0.39, 0.29) is 24.8 Å². The summed E-state index contributed by atoms with van der Waals surface area (Å²) in [4.78, 5) is 8.56. The van der Waals surface area contributed by atoms with E-state index >= 15 is 0 Å². The fourth-order valence-corrected chi connectivity index (χ4v) is 1.43. The molecule has 0 saturated carbocycles. The van der Waals surface area contributed by atoms with Gasteiger partial charge in [-0.15, -0.1) is 24.8 Å². The molecule has 0 aliphatic heterocycles. The molecule has 5 heteroatoms. The summed E-state index contributed by atoms with van der Waals surface area (Å²) >= 11 is 0. The molecule has 0 amide bonds. The van der Waals surface area contributed by atoms with Crippen molar-refractivity contribution in [1.82, 2.24) is 0 Å². The van der Waals surface area contributed by atoms with E-state index in [9.17, 15) is 0 Å². The fourth-order valence-electron chi connectivity index (χ4n) is 1.43. The molecular formula is C17H24Cl2O3. The maximum absolute atomic E-state index is 8.56. The second-order valence-electron chi connectivity index (χ2n) is 3.96. The molecule has 0 atom stereocenters. The lowest BCUT2D eigenvalue weighted by Gasteiger charge is -1.89. The van der Waals surface area contributed by atoms with E-state index in [1.54, 1.807) is 0 Å². The molecule has 0 unspecified atom stereocenters. The standard InChI is InChI=1S/2C8H10.CH2O3.2ClH/c2*1-2-8-6-4-3-5-7-8;2-1(3)4;;/h2*3-7H,2H2,1H3;(H2,2,3,4);2*1H. The number of benzene rings is 2. The summed E-state index contributed by atoms with van der Waals surface area (Å²) in [5.41, 5.74) is 2.82. The Morgan fingerprint density at radius 1 is 0.727 bits per heavy atom. The van der Waals surface area contributed by atoms with Gasteiger partial charge >= 0.3 is 6.16 Å². The van der Waals surface area contributed by atoms with Crippen molar-refractivity contribution in [1.29, 1.82) is 0 Å². The van der Waals surface area contributed by atoms with E-state index in [1.165, 1.54) is 11.1 Å². The number of hydrogen-bond donors (Lipinski definition) is 2. The Balaban J connectivity index is -0.000000249. The van der Waals surface area contributed by atoms with Crippen molar-refractivity contribution in [3.05, 3.63) is 71.8 Å². The highest BCUT2D eigenvalue weighted by Crippen LogP contribution is 1.97. The lowest BCUT2D eigenvalue weighted by atomic mass is 10.2. The zero-order valence-electron chi connectivity index (χ0n) is 12.8. The van der Waals surface area contributed by atoms with Gasteiger partial charge in [-0.25, -0.2) is 4.79 Å². The van der Waals surface area contributed by atoms with Crippen molar-refractivity contribution in [2.24, 2.45) is 0 Å². The van der Waals surface area contributed by atoms with Crippen LogP contribution in [0, 0.1) is 0 Å². The SMILES string of the molecule is CCc1ccccc1.CCc1ccccc1.Cl.Cl.O=C(O)O. The third kappa shape index (κ3) is 16.3. The van der Waals surface area contributed by atoms with Gasteiger partial charge in [0.15, 0.2) is 0 Å². The summed E-state index contributed by atoms with van der Waals surface area (Å²) in [6.45, 7) is 4.32. The molecule has 2 N–H and O–H groups in total. The summed E-state index contributed by atoms with van der Waals surface area (Å²) in [6.07, 6.45) is 0.446. The third-order valence-electron chi connectivity index (χ3n) is 2.50. The van der Waals surface area contributed by atoms with E-state index in [1.807, 2.05) is 12.1 Å². The average Bonchev–Trinajstić information content (AvgIpc) is 2.49. The summed E-state index contributed by atoms with van der Waals surface area (Å²) in [5, 5.41) is 13.9. The number of hydrogen-bond acceptors (Lipinski definition) is 1. The van der Waals surface area contributed by atoms with Crippen LogP contribution in [0.15, 0.2) is 60.7 Å². The van der Waals surface area contributed by atoms with Crippen molar-refractivity contribution in [2.45, 2.75) is 26.7 Å². The molecule has 0 aliphatic carbocycles. The minimum absolute atomic E-state index is 0. The number of aryl methyl sites for hydroxylation is 2. The highest BCUT2D eigenvalue weighted by molar-refractivity contribution is 5.85. The second kappa shape index (κ2) is 17.3. The molecule has 0 radical (unpaired) electrons. The molecule has 124 valence electrons. The van der Waals surface area contributed by atoms with Gasteiger partial charge in [-0.3, -0.25) is 0 Å². The molecule has 0 fully saturated rings. The molecule has 0 bridgehead atoms. The van der Waals surface area contributed by atoms with Crippen LogP contribution in [0.1, 0.15) is 25.0 Å². The maximum atomic E-state index is 8.56. The smallest absolute Gasteiger partial charge is 0.450 e. The van der Waals surface area contributed by atoms with E-state index in [0.29, 0.717) is 0 Å². The lowest BCUT2D eigenvalue weighted by molar-refractivity contribution is 0.137. The Hall–Kier alpha value is -1.71.